The van der Waals surface area contributed by atoms with Gasteiger partial charge in [0.05, 0.1) is 6.04 Å². The van der Waals surface area contributed by atoms with E-state index >= 15 is 0 Å². The van der Waals surface area contributed by atoms with Crippen LogP contribution in [0.5, 0.6) is 0 Å². The van der Waals surface area contributed by atoms with Crippen molar-refractivity contribution in [2.75, 3.05) is 13.2 Å². The van der Waals surface area contributed by atoms with Gasteiger partial charge < -0.3 is 10.4 Å². The van der Waals surface area contributed by atoms with Crippen molar-refractivity contribution in [1.29, 1.82) is 0 Å². The molecule has 2 aromatic rings. The van der Waals surface area contributed by atoms with Crippen LogP contribution in [0.4, 0.5) is 0 Å². The zero-order valence-electron chi connectivity index (χ0n) is 12.1. The fourth-order valence-corrected chi connectivity index (χ4v) is 2.81. The van der Waals surface area contributed by atoms with E-state index in [1.807, 2.05) is 0 Å². The predicted molar refractivity (Wildman–Crippen MR) is 82.6 cm³/mol. The van der Waals surface area contributed by atoms with E-state index in [-0.39, 0.29) is 18.1 Å². The lowest BCUT2D eigenvalue weighted by molar-refractivity contribution is 0.155. The minimum absolute atomic E-state index is 0.105. The normalized spacial score (nSPS) is 14.2. The number of hydrogen-bond donors (Lipinski definition) is 2. The van der Waals surface area contributed by atoms with E-state index in [0.29, 0.717) is 0 Å². The summed E-state index contributed by atoms with van der Waals surface area (Å²) in [7, 11) is 0. The molecule has 3 rings (SSSR count). The average molecular weight is 267 g/mol. The van der Waals surface area contributed by atoms with Crippen LogP contribution < -0.4 is 5.32 Å². The fourth-order valence-electron chi connectivity index (χ4n) is 2.81. The maximum atomic E-state index is 9.42. The zero-order valence-corrected chi connectivity index (χ0v) is 12.1. The van der Waals surface area contributed by atoms with Crippen LogP contribution in [0, 0.1) is 5.41 Å². The molecule has 2 nitrogen and oxygen atoms in total. The van der Waals surface area contributed by atoms with E-state index in [4.69, 9.17) is 0 Å². The second-order valence-corrected chi connectivity index (χ2v) is 6.31. The summed E-state index contributed by atoms with van der Waals surface area (Å²) in [5, 5.41) is 13.0. The zero-order chi connectivity index (χ0) is 14.2. The minimum Gasteiger partial charge on any atom is -0.396 e. The number of nitrogens with one attached hydrogen (secondary N) is 1. The molecular formula is C18H21NO. The van der Waals surface area contributed by atoms with Gasteiger partial charge in [0.25, 0.3) is 0 Å². The summed E-state index contributed by atoms with van der Waals surface area (Å²) in [6.45, 7) is 5.13. The Morgan fingerprint density at radius 3 is 1.95 bits per heavy atom. The Kier molecular flexibility index (Phi) is 3.36. The third-order valence-corrected chi connectivity index (χ3v) is 4.05. The summed E-state index contributed by atoms with van der Waals surface area (Å²) in [4.78, 5) is 0. The molecule has 0 heterocycles. The molecule has 0 radical (unpaired) electrons. The quantitative estimate of drug-likeness (QED) is 0.890. The lowest BCUT2D eigenvalue weighted by Gasteiger charge is -2.25. The van der Waals surface area contributed by atoms with Crippen molar-refractivity contribution in [1.82, 2.24) is 5.32 Å². The van der Waals surface area contributed by atoms with Crippen LogP contribution in [0.25, 0.3) is 11.1 Å². The Morgan fingerprint density at radius 2 is 1.45 bits per heavy atom. The van der Waals surface area contributed by atoms with Crippen molar-refractivity contribution < 1.29 is 5.11 Å². The van der Waals surface area contributed by atoms with Crippen LogP contribution in [0.15, 0.2) is 48.5 Å². The number of benzene rings is 2. The molecule has 2 heteroatoms. The van der Waals surface area contributed by atoms with E-state index in [1.165, 1.54) is 22.3 Å². The van der Waals surface area contributed by atoms with Crippen molar-refractivity contribution >= 4 is 0 Å². The maximum Gasteiger partial charge on any atom is 0.0589 e. The van der Waals surface area contributed by atoms with E-state index in [1.54, 1.807) is 0 Å². The standard InChI is InChI=1S/C18H21NO/c1-18(2,12-20)11-19-17-15-9-5-3-7-13(15)14-8-4-6-10-16(14)17/h3-10,17,19-20H,11-12H2,1-2H3. The van der Waals surface area contributed by atoms with Gasteiger partial charge in [0, 0.05) is 18.6 Å². The molecular weight excluding hydrogens is 246 g/mol. The molecule has 1 aliphatic carbocycles. The number of rotatable bonds is 4. The van der Waals surface area contributed by atoms with Gasteiger partial charge >= 0.3 is 0 Å². The predicted octanol–water partition coefficient (Wildman–Crippen LogP) is 3.36. The van der Waals surface area contributed by atoms with E-state index < -0.39 is 0 Å². The topological polar surface area (TPSA) is 32.3 Å². The van der Waals surface area contributed by atoms with Crippen LogP contribution in [0.3, 0.4) is 0 Å². The Balaban J connectivity index is 1.95. The number of hydrogen-bond acceptors (Lipinski definition) is 2. The molecule has 1 aliphatic rings. The molecule has 0 saturated heterocycles. The van der Waals surface area contributed by atoms with Crippen LogP contribution in [0.1, 0.15) is 31.0 Å². The third-order valence-electron chi connectivity index (χ3n) is 4.05. The molecule has 0 atom stereocenters. The molecule has 0 spiro atoms. The van der Waals surface area contributed by atoms with Crippen molar-refractivity contribution in [3.8, 4) is 11.1 Å². The van der Waals surface area contributed by atoms with Gasteiger partial charge in [-0.1, -0.05) is 62.4 Å². The van der Waals surface area contributed by atoms with Crippen LogP contribution in [-0.2, 0) is 0 Å². The summed E-state index contributed by atoms with van der Waals surface area (Å²) >= 11 is 0. The third kappa shape index (κ3) is 2.26. The molecule has 2 aromatic carbocycles. The molecule has 0 fully saturated rings. The Hall–Kier alpha value is -1.64. The molecule has 0 aliphatic heterocycles. The van der Waals surface area contributed by atoms with Gasteiger partial charge in [-0.15, -0.1) is 0 Å². The molecule has 0 unspecified atom stereocenters. The highest BCUT2D eigenvalue weighted by Crippen LogP contribution is 2.43. The minimum atomic E-state index is -0.105. The van der Waals surface area contributed by atoms with Gasteiger partial charge in [-0.25, -0.2) is 0 Å². The number of fused-ring (bicyclic) bond motifs is 3. The van der Waals surface area contributed by atoms with Gasteiger partial charge in [0.2, 0.25) is 0 Å². The SMILES string of the molecule is CC(C)(CO)CNC1c2ccccc2-c2ccccc21. The van der Waals surface area contributed by atoms with E-state index in [0.717, 1.165) is 6.54 Å². The Morgan fingerprint density at radius 1 is 0.950 bits per heavy atom. The van der Waals surface area contributed by atoms with Crippen molar-refractivity contribution in [3.63, 3.8) is 0 Å². The first kappa shape index (κ1) is 13.3. The molecule has 104 valence electrons. The second kappa shape index (κ2) is 5.04. The van der Waals surface area contributed by atoms with E-state index in [2.05, 4.69) is 67.7 Å². The maximum absolute atomic E-state index is 9.42. The summed E-state index contributed by atoms with van der Waals surface area (Å²) in [6, 6.07) is 17.4. The summed E-state index contributed by atoms with van der Waals surface area (Å²) < 4.78 is 0. The van der Waals surface area contributed by atoms with Crippen molar-refractivity contribution in [3.05, 3.63) is 59.7 Å². The summed E-state index contributed by atoms with van der Waals surface area (Å²) in [6.07, 6.45) is 0. The van der Waals surface area contributed by atoms with Gasteiger partial charge in [0.15, 0.2) is 0 Å². The summed E-state index contributed by atoms with van der Waals surface area (Å²) in [5.41, 5.74) is 5.21. The largest absolute Gasteiger partial charge is 0.396 e. The van der Waals surface area contributed by atoms with Crippen molar-refractivity contribution in [2.45, 2.75) is 19.9 Å². The van der Waals surface area contributed by atoms with E-state index in [9.17, 15) is 5.11 Å². The van der Waals surface area contributed by atoms with Gasteiger partial charge in [-0.3, -0.25) is 0 Å². The molecule has 2 N–H and O–H groups in total. The molecule has 0 aromatic heterocycles. The smallest absolute Gasteiger partial charge is 0.0589 e. The Labute approximate surface area is 120 Å². The monoisotopic (exact) mass is 267 g/mol. The Bertz CT molecular complexity index is 573. The average Bonchev–Trinajstić information content (AvgIpc) is 2.80. The second-order valence-electron chi connectivity index (χ2n) is 6.31. The lowest BCUT2D eigenvalue weighted by atomic mass is 9.93. The first-order chi connectivity index (χ1) is 9.62. The van der Waals surface area contributed by atoms with Crippen LogP contribution in [0.2, 0.25) is 0 Å². The van der Waals surface area contributed by atoms with Crippen molar-refractivity contribution in [2.24, 2.45) is 5.41 Å². The van der Waals surface area contributed by atoms with Crippen LogP contribution in [-0.4, -0.2) is 18.3 Å². The number of aliphatic hydroxyl groups is 1. The molecule has 0 saturated carbocycles. The van der Waals surface area contributed by atoms with Crippen LogP contribution >= 0.6 is 0 Å². The van der Waals surface area contributed by atoms with Gasteiger partial charge in [0.1, 0.15) is 0 Å². The first-order valence-electron chi connectivity index (χ1n) is 7.15. The molecule has 0 amide bonds. The first-order valence-corrected chi connectivity index (χ1v) is 7.15. The molecule has 0 bridgehead atoms. The molecule has 20 heavy (non-hydrogen) atoms. The number of aliphatic hydroxyl groups excluding tert-OH is 1. The highest BCUT2D eigenvalue weighted by molar-refractivity contribution is 5.78. The lowest BCUT2D eigenvalue weighted by Crippen LogP contribution is -2.34. The highest BCUT2D eigenvalue weighted by Gasteiger charge is 2.29. The summed E-state index contributed by atoms with van der Waals surface area (Å²) in [5.74, 6) is 0. The highest BCUT2D eigenvalue weighted by atomic mass is 16.3. The van der Waals surface area contributed by atoms with Gasteiger partial charge in [-0.05, 0) is 22.3 Å². The van der Waals surface area contributed by atoms with Gasteiger partial charge in [-0.2, -0.15) is 0 Å². The fraction of sp³-hybridized carbons (Fsp3) is 0.333.